The summed E-state index contributed by atoms with van der Waals surface area (Å²) < 4.78 is 0. The molecule has 14 nitrogen and oxygen atoms in total. The third kappa shape index (κ3) is 11.5. The Kier molecular flexibility index (Phi) is 13.6. The van der Waals surface area contributed by atoms with Crippen molar-refractivity contribution >= 4 is 47.4 Å². The molecule has 32 heavy (non-hydrogen) atoms. The number of aliphatic hydroxyl groups is 1. The molecule has 3 amide bonds. The van der Waals surface area contributed by atoms with Gasteiger partial charge in [-0.25, -0.2) is 4.79 Å². The fourth-order valence-electron chi connectivity index (χ4n) is 2.33. The van der Waals surface area contributed by atoms with Crippen LogP contribution in [0.5, 0.6) is 0 Å². The molecule has 0 aliphatic rings. The van der Waals surface area contributed by atoms with Crippen molar-refractivity contribution in [2.75, 3.05) is 18.6 Å². The van der Waals surface area contributed by atoms with Crippen molar-refractivity contribution in [2.45, 2.75) is 49.9 Å². The number of hydrogen-bond donors (Lipinski definition) is 8. The zero-order valence-corrected chi connectivity index (χ0v) is 18.1. The van der Waals surface area contributed by atoms with E-state index in [9.17, 15) is 39.0 Å². The minimum absolute atomic E-state index is 0.0904. The van der Waals surface area contributed by atoms with Gasteiger partial charge in [0, 0.05) is 6.42 Å². The van der Waals surface area contributed by atoms with Gasteiger partial charge >= 0.3 is 17.9 Å². The predicted octanol–water partition coefficient (Wildman–Crippen LogP) is -3.06. The highest BCUT2D eigenvalue weighted by Gasteiger charge is 2.30. The van der Waals surface area contributed by atoms with Crippen LogP contribution in [0.15, 0.2) is 0 Å². The highest BCUT2D eigenvalue weighted by molar-refractivity contribution is 7.98. The topological polar surface area (TPSA) is 245 Å². The van der Waals surface area contributed by atoms with Gasteiger partial charge in [-0.3, -0.25) is 24.0 Å². The van der Waals surface area contributed by atoms with Gasteiger partial charge in [0.1, 0.15) is 18.1 Å². The number of thioether (sulfide) groups is 1. The molecule has 0 bridgehead atoms. The summed E-state index contributed by atoms with van der Waals surface area (Å²) >= 11 is 1.35. The van der Waals surface area contributed by atoms with Crippen LogP contribution < -0.4 is 21.7 Å². The van der Waals surface area contributed by atoms with Crippen LogP contribution in [-0.2, 0) is 28.8 Å². The van der Waals surface area contributed by atoms with E-state index in [2.05, 4.69) is 16.0 Å². The van der Waals surface area contributed by atoms with E-state index in [1.54, 1.807) is 6.26 Å². The van der Waals surface area contributed by atoms with Gasteiger partial charge in [0.05, 0.1) is 19.1 Å². The Morgan fingerprint density at radius 2 is 1.34 bits per heavy atom. The summed E-state index contributed by atoms with van der Waals surface area (Å²) in [4.78, 5) is 69.6. The summed E-state index contributed by atoms with van der Waals surface area (Å²) in [5, 5.41) is 42.6. The van der Waals surface area contributed by atoms with Gasteiger partial charge < -0.3 is 42.1 Å². The Bertz CT molecular complexity index is 705. The molecule has 0 aromatic rings. The van der Waals surface area contributed by atoms with Gasteiger partial charge in [-0.1, -0.05) is 0 Å². The maximum Gasteiger partial charge on any atom is 0.326 e. The Hall–Kier alpha value is -2.91. The number of hydrogen-bond acceptors (Lipinski definition) is 9. The normalized spacial score (nSPS) is 14.3. The standard InChI is InChI=1S/C17H28N4O10S/c1-32-5-4-10(17(30)31)20-16(29)11(7-22)21-15(28)9(2-3-12(23)24)19-14(27)8(18)6-13(25)26/h8-11,22H,2-7,18H2,1H3,(H,19,27)(H,20,29)(H,21,28)(H,23,24)(H,25,26)(H,30,31). The molecule has 0 spiro atoms. The van der Waals surface area contributed by atoms with Crippen molar-refractivity contribution in [3.8, 4) is 0 Å². The summed E-state index contributed by atoms with van der Waals surface area (Å²) in [6.07, 6.45) is 0.113. The van der Waals surface area contributed by atoms with Crippen LogP contribution in [0.4, 0.5) is 0 Å². The molecule has 9 N–H and O–H groups in total. The van der Waals surface area contributed by atoms with Crippen LogP contribution in [0.3, 0.4) is 0 Å². The third-order valence-electron chi connectivity index (χ3n) is 4.05. The second-order valence-electron chi connectivity index (χ2n) is 6.62. The molecular formula is C17H28N4O10S. The van der Waals surface area contributed by atoms with E-state index in [4.69, 9.17) is 15.9 Å². The minimum atomic E-state index is -1.59. The summed E-state index contributed by atoms with van der Waals surface area (Å²) in [6, 6.07) is -5.88. The van der Waals surface area contributed by atoms with Gasteiger partial charge in [-0.2, -0.15) is 11.8 Å². The highest BCUT2D eigenvalue weighted by Crippen LogP contribution is 2.04. The van der Waals surface area contributed by atoms with Crippen LogP contribution in [0, 0.1) is 0 Å². The van der Waals surface area contributed by atoms with E-state index in [1.807, 2.05) is 0 Å². The molecule has 0 saturated heterocycles. The smallest absolute Gasteiger partial charge is 0.326 e. The SMILES string of the molecule is CSCCC(NC(=O)C(CO)NC(=O)C(CCC(=O)O)NC(=O)C(N)CC(=O)O)C(=O)O. The quantitative estimate of drug-likeness (QED) is 0.110. The van der Waals surface area contributed by atoms with E-state index in [-0.39, 0.29) is 6.42 Å². The summed E-state index contributed by atoms with van der Waals surface area (Å²) in [6.45, 7) is -0.912. The molecule has 0 fully saturated rings. The first kappa shape index (κ1) is 29.1. The van der Waals surface area contributed by atoms with Crippen LogP contribution in [0.2, 0.25) is 0 Å². The lowest BCUT2D eigenvalue weighted by Gasteiger charge is -2.24. The van der Waals surface area contributed by atoms with Gasteiger partial charge in [0.15, 0.2) is 0 Å². The molecule has 0 aromatic carbocycles. The maximum absolute atomic E-state index is 12.5. The van der Waals surface area contributed by atoms with Crippen molar-refractivity contribution in [1.29, 1.82) is 0 Å². The van der Waals surface area contributed by atoms with Crippen molar-refractivity contribution < 1.29 is 49.2 Å². The number of aliphatic hydroxyl groups excluding tert-OH is 1. The van der Waals surface area contributed by atoms with E-state index in [0.29, 0.717) is 5.75 Å². The summed E-state index contributed by atoms with van der Waals surface area (Å²) in [5.74, 6) is -6.63. The Morgan fingerprint density at radius 1 is 0.812 bits per heavy atom. The number of carboxylic acids is 3. The lowest BCUT2D eigenvalue weighted by Crippen LogP contribution is -2.58. The van der Waals surface area contributed by atoms with Gasteiger partial charge in [0.25, 0.3) is 0 Å². The number of carbonyl (C=O) groups excluding carboxylic acids is 3. The Balaban J connectivity index is 5.27. The predicted molar refractivity (Wildman–Crippen MR) is 111 cm³/mol. The van der Waals surface area contributed by atoms with E-state index >= 15 is 0 Å². The summed E-state index contributed by atoms with van der Waals surface area (Å²) in [5.41, 5.74) is 5.42. The number of nitrogens with one attached hydrogen (secondary N) is 3. The van der Waals surface area contributed by atoms with Crippen molar-refractivity contribution in [3.63, 3.8) is 0 Å². The van der Waals surface area contributed by atoms with E-state index in [1.165, 1.54) is 11.8 Å². The van der Waals surface area contributed by atoms with Crippen molar-refractivity contribution in [3.05, 3.63) is 0 Å². The van der Waals surface area contributed by atoms with Gasteiger partial charge in [0.2, 0.25) is 17.7 Å². The first-order valence-electron chi connectivity index (χ1n) is 9.35. The number of carbonyl (C=O) groups is 6. The monoisotopic (exact) mass is 480 g/mol. The number of amides is 3. The number of carboxylic acid groups (broad SMARTS) is 3. The Morgan fingerprint density at radius 3 is 1.81 bits per heavy atom. The Labute approximate surface area is 187 Å². The molecule has 4 unspecified atom stereocenters. The molecule has 0 aromatic heterocycles. The number of aliphatic carboxylic acids is 3. The molecular weight excluding hydrogens is 452 g/mol. The zero-order chi connectivity index (χ0) is 24.8. The van der Waals surface area contributed by atoms with Crippen LogP contribution in [0.1, 0.15) is 25.7 Å². The van der Waals surface area contributed by atoms with Gasteiger partial charge in [-0.15, -0.1) is 0 Å². The lowest BCUT2D eigenvalue weighted by atomic mass is 10.1. The third-order valence-corrected chi connectivity index (χ3v) is 4.70. The largest absolute Gasteiger partial charge is 0.481 e. The molecule has 0 saturated carbocycles. The van der Waals surface area contributed by atoms with Gasteiger partial charge in [-0.05, 0) is 24.9 Å². The molecule has 0 rings (SSSR count). The molecule has 0 heterocycles. The van der Waals surface area contributed by atoms with Crippen molar-refractivity contribution in [2.24, 2.45) is 5.73 Å². The summed E-state index contributed by atoms with van der Waals surface area (Å²) in [7, 11) is 0. The maximum atomic E-state index is 12.5. The molecule has 182 valence electrons. The number of nitrogens with two attached hydrogens (primary N) is 1. The van der Waals surface area contributed by atoms with Crippen molar-refractivity contribution in [1.82, 2.24) is 16.0 Å². The molecule has 4 atom stereocenters. The average molecular weight is 480 g/mol. The zero-order valence-electron chi connectivity index (χ0n) is 17.3. The van der Waals surface area contributed by atoms with E-state index in [0.717, 1.165) is 0 Å². The molecule has 15 heteroatoms. The fraction of sp³-hybridized carbons (Fsp3) is 0.647. The molecule has 0 aliphatic carbocycles. The minimum Gasteiger partial charge on any atom is -0.481 e. The lowest BCUT2D eigenvalue weighted by molar-refractivity contribution is -0.142. The van der Waals surface area contributed by atoms with E-state index < -0.39 is 85.7 Å². The fourth-order valence-corrected chi connectivity index (χ4v) is 2.80. The average Bonchev–Trinajstić information content (AvgIpc) is 2.70. The van der Waals surface area contributed by atoms with Crippen LogP contribution in [0.25, 0.3) is 0 Å². The first-order chi connectivity index (χ1) is 14.9. The second-order valence-corrected chi connectivity index (χ2v) is 7.61. The first-order valence-corrected chi connectivity index (χ1v) is 10.7. The van der Waals surface area contributed by atoms with Crippen LogP contribution in [-0.4, -0.2) is 98.8 Å². The second kappa shape index (κ2) is 15.0. The number of rotatable bonds is 16. The molecule has 0 aliphatic heterocycles. The van der Waals surface area contributed by atoms with Crippen LogP contribution >= 0.6 is 11.8 Å². The highest BCUT2D eigenvalue weighted by atomic mass is 32.2. The molecule has 0 radical (unpaired) electrons.